The molecule has 0 bridgehead atoms. The number of hydrogen-bond acceptors (Lipinski definition) is 0. The van der Waals surface area contributed by atoms with E-state index >= 15 is 0 Å². The van der Waals surface area contributed by atoms with E-state index in [4.69, 9.17) is 0 Å². The van der Waals surface area contributed by atoms with Gasteiger partial charge in [-0.25, -0.2) is 0 Å². The van der Waals surface area contributed by atoms with E-state index < -0.39 is 0 Å². The molecule has 0 aromatic heterocycles. The fourth-order valence-corrected chi connectivity index (χ4v) is 5.90. The van der Waals surface area contributed by atoms with Crippen LogP contribution < -0.4 is 0 Å². The molecule has 23 heavy (non-hydrogen) atoms. The Hall–Kier alpha value is 1.10. The van der Waals surface area contributed by atoms with Crippen molar-refractivity contribution in [1.82, 2.24) is 0 Å². The minimum Gasteiger partial charge on any atom is -0.340 e. The van der Waals surface area contributed by atoms with Crippen molar-refractivity contribution >= 4 is 0 Å². The molecule has 0 aromatic rings. The molecular formula is C22H39Y-. The molecule has 0 unspecified atom stereocenters. The quantitative estimate of drug-likeness (QED) is 0.450. The van der Waals surface area contributed by atoms with Gasteiger partial charge in [-0.2, -0.15) is 5.92 Å². The molecular weight excluding hydrogens is 353 g/mol. The van der Waals surface area contributed by atoms with Crippen molar-refractivity contribution in [3.8, 4) is 0 Å². The van der Waals surface area contributed by atoms with Crippen molar-refractivity contribution in [2.75, 3.05) is 0 Å². The molecule has 3 fully saturated rings. The van der Waals surface area contributed by atoms with Gasteiger partial charge in [-0.05, 0) is 61.7 Å². The van der Waals surface area contributed by atoms with Crippen LogP contribution in [0.1, 0.15) is 96.8 Å². The Morgan fingerprint density at radius 1 is 0.609 bits per heavy atom. The maximum Gasteiger partial charge on any atom is 0 e. The van der Waals surface area contributed by atoms with Crippen LogP contribution in [-0.4, -0.2) is 0 Å². The summed E-state index contributed by atoms with van der Waals surface area (Å²) in [4.78, 5) is 0. The summed E-state index contributed by atoms with van der Waals surface area (Å²) in [5.41, 5.74) is 0. The molecule has 0 saturated heterocycles. The fraction of sp³-hybridized carbons (Fsp3) is 0.955. The van der Waals surface area contributed by atoms with Crippen molar-refractivity contribution in [2.45, 2.75) is 96.8 Å². The summed E-state index contributed by atoms with van der Waals surface area (Å²) in [6.45, 7) is 6.64. The van der Waals surface area contributed by atoms with Gasteiger partial charge in [0.15, 0.2) is 0 Å². The van der Waals surface area contributed by atoms with Crippen molar-refractivity contribution in [3.05, 3.63) is 6.92 Å². The topological polar surface area (TPSA) is 0 Å². The van der Waals surface area contributed by atoms with Crippen LogP contribution in [0.5, 0.6) is 0 Å². The second-order valence-corrected chi connectivity index (χ2v) is 9.09. The number of rotatable bonds is 4. The summed E-state index contributed by atoms with van der Waals surface area (Å²) in [7, 11) is 0. The Bertz CT molecular complexity index is 302. The zero-order valence-corrected chi connectivity index (χ0v) is 18.5. The first-order valence-corrected chi connectivity index (χ1v) is 10.6. The molecule has 131 valence electrons. The third kappa shape index (κ3) is 6.09. The van der Waals surface area contributed by atoms with E-state index in [-0.39, 0.29) is 32.7 Å². The van der Waals surface area contributed by atoms with Gasteiger partial charge in [0.25, 0.3) is 0 Å². The van der Waals surface area contributed by atoms with Crippen LogP contribution in [0.2, 0.25) is 0 Å². The molecule has 3 aliphatic carbocycles. The first kappa shape index (κ1) is 20.4. The van der Waals surface area contributed by atoms with Crippen LogP contribution in [0, 0.1) is 42.4 Å². The van der Waals surface area contributed by atoms with Gasteiger partial charge >= 0.3 is 0 Å². The maximum absolute atomic E-state index is 4.25. The van der Waals surface area contributed by atoms with Crippen molar-refractivity contribution in [1.29, 1.82) is 0 Å². The van der Waals surface area contributed by atoms with Gasteiger partial charge in [0.2, 0.25) is 0 Å². The van der Waals surface area contributed by atoms with Crippen molar-refractivity contribution in [3.63, 3.8) is 0 Å². The van der Waals surface area contributed by atoms with E-state index in [0.29, 0.717) is 0 Å². The molecule has 1 radical (unpaired) electrons. The average Bonchev–Trinajstić information content (AvgIpc) is 2.58. The van der Waals surface area contributed by atoms with Gasteiger partial charge in [0.1, 0.15) is 0 Å². The summed E-state index contributed by atoms with van der Waals surface area (Å²) in [6, 6.07) is 0. The van der Waals surface area contributed by atoms with E-state index in [9.17, 15) is 0 Å². The Morgan fingerprint density at radius 2 is 1.00 bits per heavy atom. The van der Waals surface area contributed by atoms with Crippen LogP contribution >= 0.6 is 0 Å². The second-order valence-electron chi connectivity index (χ2n) is 9.09. The molecule has 3 saturated carbocycles. The van der Waals surface area contributed by atoms with E-state index in [1.807, 2.05) is 0 Å². The Kier molecular flexibility index (Phi) is 9.14. The van der Waals surface area contributed by atoms with E-state index in [2.05, 4.69) is 13.8 Å². The van der Waals surface area contributed by atoms with E-state index in [1.165, 1.54) is 44.9 Å². The standard InChI is InChI=1S/C22H39.Y/c1-3-18-8-12-21(13-9-18)22-14-10-20(11-15-22)16-19-6-4-17(2)5-7-19;/h17-22H,2-16H2,1H3;/q-1;. The van der Waals surface area contributed by atoms with Crippen LogP contribution in [0.4, 0.5) is 0 Å². The molecule has 0 N–H and O–H groups in total. The Labute approximate surface area is 171 Å². The third-order valence-corrected chi connectivity index (χ3v) is 7.66. The molecule has 0 aliphatic heterocycles. The summed E-state index contributed by atoms with van der Waals surface area (Å²) in [5.74, 6) is 6.17. The Morgan fingerprint density at radius 3 is 1.43 bits per heavy atom. The summed E-state index contributed by atoms with van der Waals surface area (Å²) in [5, 5.41) is 0. The summed E-state index contributed by atoms with van der Waals surface area (Å²) < 4.78 is 0. The Balaban J connectivity index is 0.00000192. The molecule has 0 spiro atoms. The summed E-state index contributed by atoms with van der Waals surface area (Å²) >= 11 is 0. The minimum atomic E-state index is 0. The van der Waals surface area contributed by atoms with Gasteiger partial charge in [0.05, 0.1) is 0 Å². The van der Waals surface area contributed by atoms with Crippen molar-refractivity contribution in [2.24, 2.45) is 35.5 Å². The van der Waals surface area contributed by atoms with Gasteiger partial charge in [-0.1, -0.05) is 64.7 Å². The smallest absolute Gasteiger partial charge is 0 e. The van der Waals surface area contributed by atoms with Crippen LogP contribution in [0.15, 0.2) is 0 Å². The summed E-state index contributed by atoms with van der Waals surface area (Å²) in [6.07, 6.45) is 21.2. The van der Waals surface area contributed by atoms with Gasteiger partial charge < -0.3 is 6.92 Å². The van der Waals surface area contributed by atoms with Crippen LogP contribution in [0.25, 0.3) is 0 Å². The second kappa shape index (κ2) is 10.3. The molecule has 0 aromatic carbocycles. The van der Waals surface area contributed by atoms with Crippen LogP contribution in [0.3, 0.4) is 0 Å². The zero-order valence-electron chi connectivity index (χ0n) is 15.6. The number of hydrogen-bond donors (Lipinski definition) is 0. The van der Waals surface area contributed by atoms with E-state index in [0.717, 1.165) is 35.5 Å². The molecule has 1 heteroatoms. The minimum absolute atomic E-state index is 0. The molecule has 3 rings (SSSR count). The molecule has 0 atom stereocenters. The predicted molar refractivity (Wildman–Crippen MR) is 96.6 cm³/mol. The SMILES string of the molecule is [CH2-]C1CCC(CC2CCC(C3CCC(CC)CC3)CC2)CC1.[Y]. The molecule has 0 nitrogen and oxygen atoms in total. The van der Waals surface area contributed by atoms with Gasteiger partial charge in [-0.15, -0.1) is 0 Å². The zero-order chi connectivity index (χ0) is 15.4. The first-order chi connectivity index (χ1) is 10.7. The van der Waals surface area contributed by atoms with Gasteiger partial charge in [-0.3, -0.25) is 0 Å². The third-order valence-electron chi connectivity index (χ3n) is 7.66. The predicted octanol–water partition coefficient (Wildman–Crippen LogP) is 7.04. The van der Waals surface area contributed by atoms with Gasteiger partial charge in [0, 0.05) is 32.7 Å². The maximum atomic E-state index is 4.25. The normalized spacial score (nSPS) is 42.0. The fourth-order valence-electron chi connectivity index (χ4n) is 5.90. The average molecular weight is 392 g/mol. The largest absolute Gasteiger partial charge is 0.340 e. The molecule has 0 heterocycles. The van der Waals surface area contributed by atoms with E-state index in [1.54, 1.807) is 44.9 Å². The monoisotopic (exact) mass is 392 g/mol. The molecule has 0 amide bonds. The van der Waals surface area contributed by atoms with Crippen LogP contribution in [-0.2, 0) is 32.7 Å². The van der Waals surface area contributed by atoms with Crippen molar-refractivity contribution < 1.29 is 32.7 Å². The first-order valence-electron chi connectivity index (χ1n) is 10.6. The molecule has 3 aliphatic rings.